The van der Waals surface area contributed by atoms with Gasteiger partial charge in [0.2, 0.25) is 0 Å². The zero-order chi connectivity index (χ0) is 23.3. The Balaban J connectivity index is 1.65. The maximum atomic E-state index is 13.5. The van der Waals surface area contributed by atoms with E-state index in [9.17, 15) is 13.2 Å². The number of benzene rings is 3. The molecule has 1 amide bonds. The number of ether oxygens (including phenoxy) is 2. The van der Waals surface area contributed by atoms with E-state index >= 15 is 0 Å². The molecule has 3 aromatic rings. The summed E-state index contributed by atoms with van der Waals surface area (Å²) in [6.07, 6.45) is 5.06. The lowest BCUT2D eigenvalue weighted by atomic mass is 10.1. The van der Waals surface area contributed by atoms with Gasteiger partial charge in [-0.25, -0.2) is 8.42 Å². The van der Waals surface area contributed by atoms with E-state index in [2.05, 4.69) is 0 Å². The van der Waals surface area contributed by atoms with Crippen LogP contribution in [0.2, 0.25) is 0 Å². The zero-order valence-corrected chi connectivity index (χ0v) is 19.1. The van der Waals surface area contributed by atoms with Gasteiger partial charge in [0.05, 0.1) is 5.75 Å². The summed E-state index contributed by atoms with van der Waals surface area (Å²) in [5, 5.41) is 0. The molecule has 170 valence electrons. The van der Waals surface area contributed by atoms with E-state index in [1.807, 2.05) is 48.6 Å². The van der Waals surface area contributed by atoms with Gasteiger partial charge in [0.15, 0.2) is 21.3 Å². The molecule has 0 saturated heterocycles. The quantitative estimate of drug-likeness (QED) is 0.521. The minimum Gasteiger partial charge on any atom is -0.486 e. The topological polar surface area (TPSA) is 72.9 Å². The van der Waals surface area contributed by atoms with Crippen LogP contribution in [0.4, 0.5) is 5.69 Å². The molecule has 7 heteroatoms. The second-order valence-electron chi connectivity index (χ2n) is 7.83. The summed E-state index contributed by atoms with van der Waals surface area (Å²) in [5.74, 6) is 0.882. The molecule has 0 spiro atoms. The largest absolute Gasteiger partial charge is 0.486 e. The molecule has 0 N–H and O–H groups in total. The molecule has 0 atom stereocenters. The molecule has 1 aliphatic heterocycles. The van der Waals surface area contributed by atoms with Crippen LogP contribution in [0.3, 0.4) is 0 Å². The molecule has 6 nitrogen and oxygen atoms in total. The minimum atomic E-state index is -3.21. The number of hydrogen-bond donors (Lipinski definition) is 0. The van der Waals surface area contributed by atoms with Crippen LogP contribution in [-0.2, 0) is 15.6 Å². The van der Waals surface area contributed by atoms with E-state index < -0.39 is 9.84 Å². The van der Waals surface area contributed by atoms with Crippen LogP contribution in [-0.4, -0.2) is 40.3 Å². The molecule has 0 saturated carbocycles. The molecule has 3 aromatic carbocycles. The second kappa shape index (κ2) is 9.92. The number of fused-ring (bicyclic) bond motifs is 1. The van der Waals surface area contributed by atoms with Crippen LogP contribution < -0.4 is 14.4 Å². The van der Waals surface area contributed by atoms with Gasteiger partial charge in [0.25, 0.3) is 5.91 Å². The van der Waals surface area contributed by atoms with Gasteiger partial charge in [-0.15, -0.1) is 0 Å². The number of carbonyl (C=O) groups is 1. The summed E-state index contributed by atoms with van der Waals surface area (Å²) in [6, 6.07) is 22.0. The van der Waals surface area contributed by atoms with Gasteiger partial charge in [-0.3, -0.25) is 4.79 Å². The summed E-state index contributed by atoms with van der Waals surface area (Å²) in [7, 11) is -3.21. The van der Waals surface area contributed by atoms with Crippen LogP contribution >= 0.6 is 0 Å². The third kappa shape index (κ3) is 6.02. The first-order chi connectivity index (χ1) is 15.9. The molecule has 0 radical (unpaired) electrons. The average molecular weight is 464 g/mol. The SMILES string of the molecule is CS(=O)(=O)Cc1cccc(C(=O)N(C/C=C/c2ccccc2)c2ccc3c(c2)OCCO3)c1. The molecule has 0 unspecified atom stereocenters. The third-order valence-corrected chi connectivity index (χ3v) is 5.94. The first-order valence-electron chi connectivity index (χ1n) is 10.6. The van der Waals surface area contributed by atoms with Crippen molar-refractivity contribution in [1.29, 1.82) is 0 Å². The summed E-state index contributed by atoms with van der Waals surface area (Å²) >= 11 is 0. The molecule has 0 bridgehead atoms. The van der Waals surface area contributed by atoms with Gasteiger partial charge in [-0.2, -0.15) is 0 Å². The third-order valence-electron chi connectivity index (χ3n) is 5.08. The molecule has 1 heterocycles. The predicted molar refractivity (Wildman–Crippen MR) is 130 cm³/mol. The molecule has 1 aliphatic rings. The summed E-state index contributed by atoms with van der Waals surface area (Å²) in [6.45, 7) is 1.26. The van der Waals surface area contributed by atoms with Gasteiger partial charge >= 0.3 is 0 Å². The van der Waals surface area contributed by atoms with E-state index in [1.165, 1.54) is 6.26 Å². The Morgan fingerprint density at radius 1 is 0.939 bits per heavy atom. The fourth-order valence-electron chi connectivity index (χ4n) is 3.62. The maximum absolute atomic E-state index is 13.5. The van der Waals surface area contributed by atoms with Gasteiger partial charge in [0.1, 0.15) is 13.2 Å². The Bertz CT molecular complexity index is 1270. The molecule has 4 rings (SSSR count). The van der Waals surface area contributed by atoms with Gasteiger partial charge in [0, 0.05) is 30.1 Å². The average Bonchev–Trinajstić information content (AvgIpc) is 2.81. The number of amides is 1. The Labute approximate surface area is 194 Å². The van der Waals surface area contributed by atoms with Crippen LogP contribution in [0.25, 0.3) is 6.08 Å². The normalized spacial score (nSPS) is 13.1. The first-order valence-corrected chi connectivity index (χ1v) is 12.6. The van der Waals surface area contributed by atoms with Crippen molar-refractivity contribution in [2.75, 3.05) is 30.9 Å². The highest BCUT2D eigenvalue weighted by molar-refractivity contribution is 7.89. The van der Waals surface area contributed by atoms with E-state index in [-0.39, 0.29) is 11.7 Å². The fraction of sp³-hybridized carbons (Fsp3) is 0.192. The maximum Gasteiger partial charge on any atom is 0.258 e. The van der Waals surface area contributed by atoms with Crippen LogP contribution in [0, 0.1) is 0 Å². The summed E-state index contributed by atoms with van der Waals surface area (Å²) in [5.41, 5.74) is 2.68. The molecular weight excluding hydrogens is 438 g/mol. The molecule has 0 fully saturated rings. The van der Waals surface area contributed by atoms with Crippen molar-refractivity contribution >= 4 is 27.5 Å². The van der Waals surface area contributed by atoms with E-state index in [4.69, 9.17) is 9.47 Å². The lowest BCUT2D eigenvalue weighted by Gasteiger charge is -2.25. The summed E-state index contributed by atoms with van der Waals surface area (Å²) < 4.78 is 34.7. The van der Waals surface area contributed by atoms with Crippen molar-refractivity contribution in [3.05, 3.63) is 95.6 Å². The van der Waals surface area contributed by atoms with Crippen molar-refractivity contribution in [2.45, 2.75) is 5.75 Å². The lowest BCUT2D eigenvalue weighted by molar-refractivity contribution is 0.0989. The van der Waals surface area contributed by atoms with E-state index in [0.29, 0.717) is 48.1 Å². The molecular formula is C26H25NO5S. The number of carbonyl (C=O) groups excluding carboxylic acids is 1. The Hall–Kier alpha value is -3.58. The van der Waals surface area contributed by atoms with E-state index in [0.717, 1.165) is 5.56 Å². The smallest absolute Gasteiger partial charge is 0.258 e. The lowest BCUT2D eigenvalue weighted by Crippen LogP contribution is -2.31. The van der Waals surface area contributed by atoms with Crippen molar-refractivity contribution in [2.24, 2.45) is 0 Å². The van der Waals surface area contributed by atoms with Crippen LogP contribution in [0.5, 0.6) is 11.5 Å². The predicted octanol–water partition coefficient (Wildman–Crippen LogP) is 4.36. The molecule has 0 aliphatic carbocycles. The second-order valence-corrected chi connectivity index (χ2v) is 9.97. The van der Waals surface area contributed by atoms with Crippen molar-refractivity contribution in [3.8, 4) is 11.5 Å². The highest BCUT2D eigenvalue weighted by Gasteiger charge is 2.21. The highest BCUT2D eigenvalue weighted by Crippen LogP contribution is 2.34. The van der Waals surface area contributed by atoms with Crippen molar-refractivity contribution < 1.29 is 22.7 Å². The minimum absolute atomic E-state index is 0.119. The number of sulfone groups is 1. The number of anilines is 1. The van der Waals surface area contributed by atoms with Crippen LogP contribution in [0.15, 0.2) is 78.9 Å². The zero-order valence-electron chi connectivity index (χ0n) is 18.3. The molecule has 33 heavy (non-hydrogen) atoms. The number of nitrogens with zero attached hydrogens (tertiary/aromatic N) is 1. The fourth-order valence-corrected chi connectivity index (χ4v) is 4.40. The van der Waals surface area contributed by atoms with Gasteiger partial charge in [-0.1, -0.05) is 54.6 Å². The highest BCUT2D eigenvalue weighted by atomic mass is 32.2. The van der Waals surface area contributed by atoms with Gasteiger partial charge in [-0.05, 0) is 35.4 Å². The standard InChI is InChI=1S/C26H25NO5S/c1-33(29,30)19-21-9-5-11-22(17-21)26(28)27(14-6-10-20-7-3-2-4-8-20)23-12-13-24-25(18-23)32-16-15-31-24/h2-13,17-18H,14-16,19H2,1H3/b10-6+. The Morgan fingerprint density at radius 3 is 2.45 bits per heavy atom. The van der Waals surface area contributed by atoms with Crippen molar-refractivity contribution in [1.82, 2.24) is 0 Å². The van der Waals surface area contributed by atoms with E-state index in [1.54, 1.807) is 41.3 Å². The van der Waals surface area contributed by atoms with Crippen LogP contribution in [0.1, 0.15) is 21.5 Å². The van der Waals surface area contributed by atoms with Gasteiger partial charge < -0.3 is 14.4 Å². The Kier molecular flexibility index (Phi) is 6.79. The number of rotatable bonds is 7. The summed E-state index contributed by atoms with van der Waals surface area (Å²) in [4.78, 5) is 15.2. The molecule has 0 aromatic heterocycles. The van der Waals surface area contributed by atoms with Crippen molar-refractivity contribution in [3.63, 3.8) is 0 Å². The number of hydrogen-bond acceptors (Lipinski definition) is 5. The first kappa shape index (κ1) is 22.6. The Morgan fingerprint density at radius 2 is 1.70 bits per heavy atom. The monoisotopic (exact) mass is 463 g/mol.